The number of ether oxygens (including phenoxy) is 1. The van der Waals surface area contributed by atoms with Gasteiger partial charge >= 0.3 is 5.97 Å². The smallest absolute Gasteiger partial charge is 0.326 e. The van der Waals surface area contributed by atoms with E-state index in [1.165, 1.54) is 33.4 Å². The van der Waals surface area contributed by atoms with Crippen LogP contribution in [0.25, 0.3) is 21.3 Å². The molecule has 0 unspecified atom stereocenters. The molecule has 0 radical (unpaired) electrons. The Morgan fingerprint density at radius 2 is 2.04 bits per heavy atom. The van der Waals surface area contributed by atoms with Gasteiger partial charge in [0.2, 0.25) is 0 Å². The average Bonchev–Trinajstić information content (AvgIpc) is 3.08. The number of carbonyl (C=O) groups is 1. The van der Waals surface area contributed by atoms with Crippen molar-refractivity contribution in [3.8, 4) is 11.1 Å². The lowest BCUT2D eigenvalue weighted by Gasteiger charge is -2.08. The summed E-state index contributed by atoms with van der Waals surface area (Å²) >= 11 is 1.44. The minimum atomic E-state index is -0.405. The van der Waals surface area contributed by atoms with Crippen molar-refractivity contribution in [2.45, 2.75) is 46.6 Å². The van der Waals surface area contributed by atoms with E-state index in [0.717, 1.165) is 30.4 Å². The summed E-state index contributed by atoms with van der Waals surface area (Å²) in [5.74, 6) is -0.405. The van der Waals surface area contributed by atoms with E-state index in [9.17, 15) is 9.59 Å². The summed E-state index contributed by atoms with van der Waals surface area (Å²) in [4.78, 5) is 30.0. The number of nitrogens with zero attached hydrogens (tertiary/aromatic N) is 2. The second kappa shape index (κ2) is 8.48. The van der Waals surface area contributed by atoms with Crippen molar-refractivity contribution in [1.82, 2.24) is 9.55 Å². The van der Waals surface area contributed by atoms with Crippen LogP contribution in [0.1, 0.15) is 37.3 Å². The number of unbranched alkanes of at least 4 members (excludes halogenated alkanes) is 2. The predicted octanol–water partition coefficient (Wildman–Crippen LogP) is 4.48. The van der Waals surface area contributed by atoms with Gasteiger partial charge in [0.25, 0.3) is 5.56 Å². The first-order valence-electron chi connectivity index (χ1n) is 9.21. The number of fused-ring (bicyclic) bond motifs is 1. The highest BCUT2D eigenvalue weighted by molar-refractivity contribution is 7.17. The number of esters is 1. The largest absolute Gasteiger partial charge is 0.464 e. The van der Waals surface area contributed by atoms with Crippen LogP contribution in [-0.4, -0.2) is 22.1 Å². The van der Waals surface area contributed by atoms with Gasteiger partial charge in [0.1, 0.15) is 11.4 Å². The molecular weight excluding hydrogens is 360 g/mol. The fraction of sp³-hybridized carbons (Fsp3) is 0.381. The monoisotopic (exact) mass is 384 g/mol. The molecule has 0 aliphatic heterocycles. The molecule has 0 bridgehead atoms. The molecule has 3 rings (SSSR count). The lowest BCUT2D eigenvalue weighted by molar-refractivity contribution is -0.144. The van der Waals surface area contributed by atoms with Gasteiger partial charge < -0.3 is 4.74 Å². The molecule has 1 aromatic carbocycles. The van der Waals surface area contributed by atoms with E-state index in [2.05, 4.69) is 37.9 Å². The van der Waals surface area contributed by atoms with Gasteiger partial charge in [-0.25, -0.2) is 4.98 Å². The number of hydrogen-bond donors (Lipinski definition) is 0. The van der Waals surface area contributed by atoms with Gasteiger partial charge in [-0.1, -0.05) is 38.0 Å². The Morgan fingerprint density at radius 1 is 1.22 bits per heavy atom. The molecule has 142 valence electrons. The zero-order chi connectivity index (χ0) is 19.4. The van der Waals surface area contributed by atoms with Crippen molar-refractivity contribution < 1.29 is 9.53 Å². The molecule has 0 fully saturated rings. The zero-order valence-electron chi connectivity index (χ0n) is 15.9. The van der Waals surface area contributed by atoms with Gasteiger partial charge in [-0.15, -0.1) is 11.3 Å². The Bertz CT molecular complexity index is 1020. The van der Waals surface area contributed by atoms with E-state index >= 15 is 0 Å². The summed E-state index contributed by atoms with van der Waals surface area (Å²) < 4.78 is 6.55. The van der Waals surface area contributed by atoms with E-state index in [1.54, 1.807) is 0 Å². The van der Waals surface area contributed by atoms with E-state index in [4.69, 9.17) is 4.74 Å². The molecule has 0 aliphatic rings. The van der Waals surface area contributed by atoms with Gasteiger partial charge in [0, 0.05) is 10.9 Å². The highest BCUT2D eigenvalue weighted by atomic mass is 32.1. The minimum Gasteiger partial charge on any atom is -0.464 e. The minimum absolute atomic E-state index is 0.115. The molecule has 3 aromatic rings. The van der Waals surface area contributed by atoms with Crippen LogP contribution in [0.4, 0.5) is 0 Å². The van der Waals surface area contributed by atoms with E-state index in [0.29, 0.717) is 16.8 Å². The van der Waals surface area contributed by atoms with Crippen molar-refractivity contribution in [1.29, 1.82) is 0 Å². The van der Waals surface area contributed by atoms with Gasteiger partial charge in [0.15, 0.2) is 0 Å². The normalized spacial score (nSPS) is 11.1. The molecule has 27 heavy (non-hydrogen) atoms. The van der Waals surface area contributed by atoms with Crippen LogP contribution in [0.15, 0.2) is 34.7 Å². The van der Waals surface area contributed by atoms with Crippen LogP contribution in [0.3, 0.4) is 0 Å². The van der Waals surface area contributed by atoms with Crippen molar-refractivity contribution in [2.24, 2.45) is 0 Å². The molecular formula is C21H24N2O3S. The molecule has 0 atom stereocenters. The van der Waals surface area contributed by atoms with Crippen molar-refractivity contribution in [3.63, 3.8) is 0 Å². The molecule has 6 heteroatoms. The first-order valence-corrected chi connectivity index (χ1v) is 10.1. The Hall–Kier alpha value is -2.47. The van der Waals surface area contributed by atoms with Crippen LogP contribution in [0.2, 0.25) is 0 Å². The third-order valence-electron chi connectivity index (χ3n) is 4.69. The Balaban J connectivity index is 1.89. The second-order valence-electron chi connectivity index (χ2n) is 6.73. The summed E-state index contributed by atoms with van der Waals surface area (Å²) in [6, 6.07) is 6.15. The number of carbonyl (C=O) groups excluding carboxylic acids is 1. The lowest BCUT2D eigenvalue weighted by atomic mass is 10.0. The molecule has 5 nitrogen and oxygen atoms in total. The van der Waals surface area contributed by atoms with Crippen LogP contribution in [0.5, 0.6) is 0 Å². The maximum Gasteiger partial charge on any atom is 0.326 e. The molecule has 0 saturated carbocycles. The zero-order valence-corrected chi connectivity index (χ0v) is 16.8. The summed E-state index contributed by atoms with van der Waals surface area (Å²) in [6.45, 7) is 6.49. The van der Waals surface area contributed by atoms with Crippen molar-refractivity contribution in [3.05, 3.63) is 51.4 Å². The molecule has 0 saturated heterocycles. The first-order chi connectivity index (χ1) is 13.0. The van der Waals surface area contributed by atoms with Crippen LogP contribution in [-0.2, 0) is 16.1 Å². The molecule has 0 amide bonds. The van der Waals surface area contributed by atoms with Crippen LogP contribution < -0.4 is 5.56 Å². The summed E-state index contributed by atoms with van der Waals surface area (Å²) in [6.07, 6.45) is 4.36. The number of thiophene rings is 1. The Morgan fingerprint density at radius 3 is 2.78 bits per heavy atom. The molecule has 0 spiro atoms. The third-order valence-corrected chi connectivity index (χ3v) is 5.58. The average molecular weight is 385 g/mol. The van der Waals surface area contributed by atoms with Crippen molar-refractivity contribution >= 4 is 27.5 Å². The SMILES string of the molecule is CCCCCOC(=O)Cn1cnc2scc(-c3ccc(C)c(C)c3)c2c1=O. The van der Waals surface area contributed by atoms with Crippen LogP contribution in [0, 0.1) is 13.8 Å². The number of benzene rings is 1. The number of aromatic nitrogens is 2. The summed E-state index contributed by atoms with van der Waals surface area (Å²) in [7, 11) is 0. The highest BCUT2D eigenvalue weighted by Gasteiger charge is 2.15. The maximum absolute atomic E-state index is 13.0. The molecule has 2 aromatic heterocycles. The molecule has 0 aliphatic carbocycles. The standard InChI is InChI=1S/C21H24N2O3S/c1-4-5-6-9-26-18(24)11-23-13-22-20-19(21(23)25)17(12-27-20)16-8-7-14(2)15(3)10-16/h7-8,10,12-13H,4-6,9,11H2,1-3H3. The van der Waals surface area contributed by atoms with E-state index in [-0.39, 0.29) is 12.1 Å². The molecule has 2 heterocycles. The highest BCUT2D eigenvalue weighted by Crippen LogP contribution is 2.31. The number of rotatable bonds is 7. The lowest BCUT2D eigenvalue weighted by Crippen LogP contribution is -2.25. The van der Waals surface area contributed by atoms with Crippen LogP contribution >= 0.6 is 11.3 Å². The maximum atomic E-state index is 13.0. The van der Waals surface area contributed by atoms with E-state index in [1.807, 2.05) is 11.4 Å². The summed E-state index contributed by atoms with van der Waals surface area (Å²) in [5, 5.41) is 2.51. The predicted molar refractivity (Wildman–Crippen MR) is 109 cm³/mol. The van der Waals surface area contributed by atoms with Gasteiger partial charge in [0.05, 0.1) is 18.3 Å². The third kappa shape index (κ3) is 4.27. The van der Waals surface area contributed by atoms with Gasteiger partial charge in [-0.3, -0.25) is 14.2 Å². The fourth-order valence-corrected chi connectivity index (χ4v) is 3.83. The topological polar surface area (TPSA) is 61.2 Å². The number of aryl methyl sites for hydroxylation is 2. The Kier molecular flexibility index (Phi) is 6.06. The first kappa shape index (κ1) is 19.3. The van der Waals surface area contributed by atoms with E-state index < -0.39 is 5.97 Å². The molecule has 0 N–H and O–H groups in total. The number of hydrogen-bond acceptors (Lipinski definition) is 5. The quantitative estimate of drug-likeness (QED) is 0.445. The fourth-order valence-electron chi connectivity index (χ4n) is 2.92. The second-order valence-corrected chi connectivity index (χ2v) is 7.59. The van der Waals surface area contributed by atoms with Gasteiger partial charge in [-0.05, 0) is 37.0 Å². The Labute approximate surface area is 162 Å². The van der Waals surface area contributed by atoms with Gasteiger partial charge in [-0.2, -0.15) is 0 Å². The van der Waals surface area contributed by atoms with Crippen molar-refractivity contribution in [2.75, 3.05) is 6.61 Å². The summed E-state index contributed by atoms with van der Waals surface area (Å²) in [5.41, 5.74) is 4.02.